The molecule has 0 aliphatic heterocycles. The molecule has 52 valence electrons. The lowest BCUT2D eigenvalue weighted by Crippen LogP contribution is -1.96. The van der Waals surface area contributed by atoms with E-state index in [2.05, 4.69) is 11.2 Å². The SMILES string of the molecule is Cc1cnn(CCC#N)c1. The Bertz CT molecular complexity index is 244. The molecule has 0 bridgehead atoms. The first-order chi connectivity index (χ1) is 4.83. The highest BCUT2D eigenvalue weighted by Crippen LogP contribution is 1.94. The van der Waals surface area contributed by atoms with Crippen molar-refractivity contribution in [1.82, 2.24) is 9.78 Å². The second-order valence-electron chi connectivity index (χ2n) is 2.19. The summed E-state index contributed by atoms with van der Waals surface area (Å²) in [7, 11) is 0. The van der Waals surface area contributed by atoms with Crippen LogP contribution in [-0.2, 0) is 6.54 Å². The zero-order valence-corrected chi connectivity index (χ0v) is 5.91. The first-order valence-electron chi connectivity index (χ1n) is 3.19. The van der Waals surface area contributed by atoms with Crippen LogP contribution in [0.4, 0.5) is 0 Å². The minimum atomic E-state index is 0.529. The van der Waals surface area contributed by atoms with Crippen LogP contribution in [0.25, 0.3) is 0 Å². The molecule has 3 heteroatoms. The Balaban J connectivity index is 2.52. The first-order valence-corrected chi connectivity index (χ1v) is 3.19. The molecule has 0 aromatic carbocycles. The van der Waals surface area contributed by atoms with Gasteiger partial charge in [-0.3, -0.25) is 4.68 Å². The van der Waals surface area contributed by atoms with Crippen LogP contribution < -0.4 is 0 Å². The van der Waals surface area contributed by atoms with Gasteiger partial charge in [0, 0.05) is 6.20 Å². The minimum absolute atomic E-state index is 0.529. The van der Waals surface area contributed by atoms with Crippen molar-refractivity contribution in [2.45, 2.75) is 19.9 Å². The van der Waals surface area contributed by atoms with Crippen molar-refractivity contribution in [2.24, 2.45) is 0 Å². The number of aromatic nitrogens is 2. The largest absolute Gasteiger partial charge is 0.271 e. The molecule has 0 amide bonds. The van der Waals surface area contributed by atoms with E-state index in [1.54, 1.807) is 10.9 Å². The van der Waals surface area contributed by atoms with Crippen molar-refractivity contribution in [3.05, 3.63) is 18.0 Å². The number of nitriles is 1. The van der Waals surface area contributed by atoms with E-state index in [1.165, 1.54) is 0 Å². The maximum atomic E-state index is 8.24. The summed E-state index contributed by atoms with van der Waals surface area (Å²) in [5, 5.41) is 12.3. The molecule has 0 aliphatic carbocycles. The van der Waals surface area contributed by atoms with Gasteiger partial charge in [-0.25, -0.2) is 0 Å². The van der Waals surface area contributed by atoms with E-state index in [9.17, 15) is 0 Å². The molecule has 10 heavy (non-hydrogen) atoms. The van der Waals surface area contributed by atoms with Gasteiger partial charge in [-0.15, -0.1) is 0 Å². The molecule has 0 atom stereocenters. The second-order valence-corrected chi connectivity index (χ2v) is 2.19. The van der Waals surface area contributed by atoms with Crippen LogP contribution in [0.15, 0.2) is 12.4 Å². The van der Waals surface area contributed by atoms with Crippen LogP contribution in [-0.4, -0.2) is 9.78 Å². The summed E-state index contributed by atoms with van der Waals surface area (Å²) < 4.78 is 1.78. The number of hydrogen-bond donors (Lipinski definition) is 0. The molecular formula is C7H9N3. The smallest absolute Gasteiger partial charge is 0.0641 e. The Labute approximate surface area is 59.9 Å². The van der Waals surface area contributed by atoms with Crippen molar-refractivity contribution in [3.8, 4) is 6.07 Å². The molecule has 0 aliphatic rings. The molecule has 0 fully saturated rings. The third-order valence-corrected chi connectivity index (χ3v) is 1.22. The number of hydrogen-bond acceptors (Lipinski definition) is 2. The predicted octanol–water partition coefficient (Wildman–Crippen LogP) is 1.11. The maximum absolute atomic E-state index is 8.24. The Kier molecular flexibility index (Phi) is 2.06. The number of aryl methyl sites for hydroxylation is 2. The molecule has 0 spiro atoms. The summed E-state index contributed by atoms with van der Waals surface area (Å²) in [6, 6.07) is 2.06. The lowest BCUT2D eigenvalue weighted by molar-refractivity contribution is 0.627. The average Bonchev–Trinajstić information content (AvgIpc) is 2.31. The Morgan fingerprint density at radius 2 is 2.60 bits per heavy atom. The van der Waals surface area contributed by atoms with Crippen LogP contribution in [0.1, 0.15) is 12.0 Å². The fourth-order valence-electron chi connectivity index (χ4n) is 0.754. The molecule has 1 aromatic heterocycles. The zero-order valence-electron chi connectivity index (χ0n) is 5.91. The summed E-state index contributed by atoms with van der Waals surface area (Å²) >= 11 is 0. The highest BCUT2D eigenvalue weighted by Gasteiger charge is 1.90. The van der Waals surface area contributed by atoms with E-state index in [1.807, 2.05) is 13.1 Å². The molecule has 1 aromatic rings. The quantitative estimate of drug-likeness (QED) is 0.609. The van der Waals surface area contributed by atoms with E-state index < -0.39 is 0 Å². The molecule has 0 N–H and O–H groups in total. The van der Waals surface area contributed by atoms with Crippen LogP contribution >= 0.6 is 0 Å². The van der Waals surface area contributed by atoms with Gasteiger partial charge in [-0.2, -0.15) is 10.4 Å². The maximum Gasteiger partial charge on any atom is 0.0641 e. The van der Waals surface area contributed by atoms with Gasteiger partial charge in [-0.1, -0.05) is 0 Å². The Morgan fingerprint density at radius 1 is 1.80 bits per heavy atom. The fraction of sp³-hybridized carbons (Fsp3) is 0.429. The van der Waals surface area contributed by atoms with Gasteiger partial charge in [0.2, 0.25) is 0 Å². The third-order valence-electron chi connectivity index (χ3n) is 1.22. The summed E-state index contributed by atoms with van der Waals surface area (Å²) in [5.74, 6) is 0. The minimum Gasteiger partial charge on any atom is -0.271 e. The van der Waals surface area contributed by atoms with Gasteiger partial charge in [-0.05, 0) is 12.5 Å². The monoisotopic (exact) mass is 135 g/mol. The lowest BCUT2D eigenvalue weighted by atomic mass is 10.4. The normalized spacial score (nSPS) is 9.20. The van der Waals surface area contributed by atoms with E-state index in [4.69, 9.17) is 5.26 Å². The van der Waals surface area contributed by atoms with Crippen LogP contribution in [0.3, 0.4) is 0 Å². The van der Waals surface area contributed by atoms with Gasteiger partial charge in [0.25, 0.3) is 0 Å². The third kappa shape index (κ3) is 1.59. The van der Waals surface area contributed by atoms with E-state index in [0.717, 1.165) is 5.56 Å². The van der Waals surface area contributed by atoms with Gasteiger partial charge in [0.05, 0.1) is 25.2 Å². The summed E-state index contributed by atoms with van der Waals surface area (Å²) in [4.78, 5) is 0. The number of nitrogens with zero attached hydrogens (tertiary/aromatic N) is 3. The van der Waals surface area contributed by atoms with Crippen LogP contribution in [0.5, 0.6) is 0 Å². The highest BCUT2D eigenvalue weighted by atomic mass is 15.3. The van der Waals surface area contributed by atoms with Gasteiger partial charge >= 0.3 is 0 Å². The number of rotatable bonds is 2. The standard InChI is InChI=1S/C7H9N3/c1-7-5-9-10(6-7)4-2-3-8/h5-6H,2,4H2,1H3. The molecule has 1 rings (SSSR count). The van der Waals surface area contributed by atoms with E-state index in [-0.39, 0.29) is 0 Å². The van der Waals surface area contributed by atoms with Crippen molar-refractivity contribution in [1.29, 1.82) is 5.26 Å². The topological polar surface area (TPSA) is 41.6 Å². The van der Waals surface area contributed by atoms with Crippen molar-refractivity contribution >= 4 is 0 Å². The van der Waals surface area contributed by atoms with Gasteiger partial charge in [0.1, 0.15) is 0 Å². The average molecular weight is 135 g/mol. The Morgan fingerprint density at radius 3 is 3.10 bits per heavy atom. The summed E-state index contributed by atoms with van der Waals surface area (Å²) in [5.41, 5.74) is 1.14. The van der Waals surface area contributed by atoms with Crippen LogP contribution in [0.2, 0.25) is 0 Å². The molecule has 0 saturated heterocycles. The molecule has 1 heterocycles. The summed E-state index contributed by atoms with van der Waals surface area (Å²) in [6.45, 7) is 2.68. The zero-order chi connectivity index (χ0) is 7.40. The molecule has 3 nitrogen and oxygen atoms in total. The van der Waals surface area contributed by atoms with Crippen molar-refractivity contribution in [3.63, 3.8) is 0 Å². The first kappa shape index (κ1) is 6.81. The van der Waals surface area contributed by atoms with E-state index in [0.29, 0.717) is 13.0 Å². The van der Waals surface area contributed by atoms with Gasteiger partial charge in [0.15, 0.2) is 0 Å². The van der Waals surface area contributed by atoms with Crippen molar-refractivity contribution < 1.29 is 0 Å². The lowest BCUT2D eigenvalue weighted by Gasteiger charge is -1.92. The van der Waals surface area contributed by atoms with E-state index >= 15 is 0 Å². The molecule has 0 radical (unpaired) electrons. The van der Waals surface area contributed by atoms with Gasteiger partial charge < -0.3 is 0 Å². The Hall–Kier alpha value is -1.30. The molecular weight excluding hydrogens is 126 g/mol. The fourth-order valence-corrected chi connectivity index (χ4v) is 0.754. The van der Waals surface area contributed by atoms with Crippen LogP contribution in [0, 0.1) is 18.3 Å². The summed E-state index contributed by atoms with van der Waals surface area (Å²) in [6.07, 6.45) is 4.25. The second kappa shape index (κ2) is 3.02. The molecule has 0 unspecified atom stereocenters. The molecule has 0 saturated carbocycles. The van der Waals surface area contributed by atoms with Crippen molar-refractivity contribution in [2.75, 3.05) is 0 Å². The highest BCUT2D eigenvalue weighted by molar-refractivity contribution is 4.99. The predicted molar refractivity (Wildman–Crippen MR) is 37.2 cm³/mol.